The number of aryl methyl sites for hydroxylation is 2. The molecule has 66 heavy (non-hydrogen) atoms. The van der Waals surface area contributed by atoms with Gasteiger partial charge in [0.1, 0.15) is 11.5 Å². The van der Waals surface area contributed by atoms with Crippen molar-refractivity contribution in [3.8, 4) is 11.5 Å². The SMILES string of the molecule is COc1cc(NC(=O)C(N=Nc2ccc(Cl)c(C(=O)Nc3ccc(CCCl)cc3)c2)C(C)=O)c(OC)cc1NC(=O)C(N=Nc1ccc(Cl)c(C(=O)Nc2ccc(CCCl)cc2)c1)C(C)=O. The molecule has 5 aromatic carbocycles. The molecule has 0 aliphatic carbocycles. The number of carbonyl (C=O) groups excluding carboxylic acids is 6. The number of methoxy groups -OCH3 is 2. The number of rotatable bonds is 20. The van der Waals surface area contributed by atoms with Gasteiger partial charge in [-0.1, -0.05) is 47.5 Å². The normalized spacial score (nSPS) is 12.0. The van der Waals surface area contributed by atoms with Gasteiger partial charge < -0.3 is 30.7 Å². The molecule has 20 heteroatoms. The van der Waals surface area contributed by atoms with Gasteiger partial charge in [-0.15, -0.1) is 23.2 Å². The highest BCUT2D eigenvalue weighted by Gasteiger charge is 2.28. The molecular formula is C46H42Cl4N8O8. The Morgan fingerprint density at radius 2 is 0.894 bits per heavy atom. The van der Waals surface area contributed by atoms with E-state index in [1.807, 2.05) is 24.3 Å². The van der Waals surface area contributed by atoms with Crippen LogP contribution in [0.2, 0.25) is 10.0 Å². The van der Waals surface area contributed by atoms with Crippen LogP contribution in [0, 0.1) is 0 Å². The third kappa shape index (κ3) is 13.7. The van der Waals surface area contributed by atoms with Crippen LogP contribution in [0.15, 0.2) is 118 Å². The summed E-state index contributed by atoms with van der Waals surface area (Å²) >= 11 is 24.3. The molecule has 342 valence electrons. The number of benzene rings is 5. The van der Waals surface area contributed by atoms with Gasteiger partial charge in [0.05, 0.1) is 58.1 Å². The second-order valence-corrected chi connectivity index (χ2v) is 15.8. The Hall–Kier alpha value is -6.72. The van der Waals surface area contributed by atoms with Gasteiger partial charge in [0.15, 0.2) is 11.6 Å². The van der Waals surface area contributed by atoms with Crippen LogP contribution in [0.25, 0.3) is 0 Å². The maximum absolute atomic E-state index is 13.5. The number of nitrogens with one attached hydrogen (secondary N) is 4. The summed E-state index contributed by atoms with van der Waals surface area (Å²) < 4.78 is 11.0. The Kier molecular flexibility index (Phi) is 18.3. The Balaban J connectivity index is 1.28. The molecule has 2 atom stereocenters. The number of Topliss-reactive ketones (excluding diaryl/α,β-unsaturated/α-hetero) is 2. The van der Waals surface area contributed by atoms with Crippen molar-refractivity contribution in [1.82, 2.24) is 0 Å². The monoisotopic (exact) mass is 974 g/mol. The minimum Gasteiger partial charge on any atom is -0.494 e. The number of hydrogen-bond acceptors (Lipinski definition) is 12. The number of alkyl halides is 2. The van der Waals surface area contributed by atoms with E-state index in [-0.39, 0.29) is 55.4 Å². The van der Waals surface area contributed by atoms with Gasteiger partial charge in [0.25, 0.3) is 23.6 Å². The molecule has 0 aromatic heterocycles. The zero-order valence-corrected chi connectivity index (χ0v) is 38.8. The highest BCUT2D eigenvalue weighted by Crippen LogP contribution is 2.37. The lowest BCUT2D eigenvalue weighted by Gasteiger charge is -2.18. The zero-order valence-electron chi connectivity index (χ0n) is 35.8. The molecular weight excluding hydrogens is 934 g/mol. The molecule has 0 saturated heterocycles. The first-order valence-electron chi connectivity index (χ1n) is 19.9. The van der Waals surface area contributed by atoms with E-state index in [1.165, 1.54) is 62.8 Å². The summed E-state index contributed by atoms with van der Waals surface area (Å²) in [7, 11) is 2.59. The molecule has 0 aliphatic rings. The first kappa shape index (κ1) is 50.3. The number of carbonyl (C=O) groups is 6. The number of anilines is 4. The van der Waals surface area contributed by atoms with E-state index in [4.69, 9.17) is 55.9 Å². The van der Waals surface area contributed by atoms with Crippen molar-refractivity contribution in [2.24, 2.45) is 20.5 Å². The molecule has 0 saturated carbocycles. The van der Waals surface area contributed by atoms with E-state index in [0.29, 0.717) is 36.0 Å². The first-order chi connectivity index (χ1) is 31.6. The average Bonchev–Trinajstić information content (AvgIpc) is 3.29. The minimum atomic E-state index is -1.65. The number of halogens is 4. The predicted octanol–water partition coefficient (Wildman–Crippen LogP) is 10.4. The fourth-order valence-corrected chi connectivity index (χ4v) is 6.85. The molecule has 0 bridgehead atoms. The molecule has 0 spiro atoms. The van der Waals surface area contributed by atoms with Gasteiger partial charge >= 0.3 is 0 Å². The maximum atomic E-state index is 13.5. The number of hydrogen-bond donors (Lipinski definition) is 4. The summed E-state index contributed by atoms with van der Waals surface area (Å²) in [5, 5.41) is 27.0. The second-order valence-electron chi connectivity index (χ2n) is 14.2. The molecule has 4 amide bonds. The smallest absolute Gasteiger partial charge is 0.258 e. The van der Waals surface area contributed by atoms with E-state index in [1.54, 1.807) is 24.3 Å². The third-order valence-corrected chi connectivity index (χ3v) is 10.5. The molecule has 4 N–H and O–H groups in total. The van der Waals surface area contributed by atoms with Gasteiger partial charge in [-0.25, -0.2) is 0 Å². The maximum Gasteiger partial charge on any atom is 0.258 e. The molecule has 5 aromatic rings. The number of nitrogens with zero attached hydrogens (tertiary/aromatic N) is 4. The quantitative estimate of drug-likeness (QED) is 0.0333. The zero-order chi connectivity index (χ0) is 47.9. The summed E-state index contributed by atoms with van der Waals surface area (Å²) in [4.78, 5) is 78.6. The molecule has 16 nitrogen and oxygen atoms in total. The number of ketones is 2. The number of amides is 4. The van der Waals surface area contributed by atoms with E-state index in [9.17, 15) is 28.8 Å². The van der Waals surface area contributed by atoms with Crippen LogP contribution in [-0.4, -0.2) is 73.3 Å². The summed E-state index contributed by atoms with van der Waals surface area (Å²) in [5.41, 5.74) is 3.50. The van der Waals surface area contributed by atoms with Crippen LogP contribution in [0.5, 0.6) is 11.5 Å². The van der Waals surface area contributed by atoms with Crippen molar-refractivity contribution in [1.29, 1.82) is 0 Å². The van der Waals surface area contributed by atoms with Gasteiger partial charge in [0, 0.05) is 35.3 Å². The minimum absolute atomic E-state index is 0.0138. The van der Waals surface area contributed by atoms with Crippen molar-refractivity contribution < 1.29 is 38.2 Å². The van der Waals surface area contributed by atoms with Crippen LogP contribution >= 0.6 is 46.4 Å². The first-order valence-corrected chi connectivity index (χ1v) is 21.7. The highest BCUT2D eigenvalue weighted by atomic mass is 35.5. The molecule has 0 aliphatic heterocycles. The Bertz CT molecular complexity index is 2500. The van der Waals surface area contributed by atoms with Crippen molar-refractivity contribution in [3.63, 3.8) is 0 Å². The summed E-state index contributed by atoms with van der Waals surface area (Å²) in [6.45, 7) is 2.30. The summed E-state index contributed by atoms with van der Waals surface area (Å²) in [5.74, 6) is -3.23. The Morgan fingerprint density at radius 1 is 0.530 bits per heavy atom. The fourth-order valence-electron chi connectivity index (χ4n) is 6.00. The largest absolute Gasteiger partial charge is 0.494 e. The number of ether oxygens (including phenoxy) is 2. The molecule has 2 unspecified atom stereocenters. The lowest BCUT2D eigenvalue weighted by molar-refractivity contribution is -0.127. The van der Waals surface area contributed by atoms with E-state index in [2.05, 4.69) is 41.7 Å². The Morgan fingerprint density at radius 3 is 1.21 bits per heavy atom. The van der Waals surface area contributed by atoms with Crippen molar-refractivity contribution in [3.05, 3.63) is 129 Å². The Labute approximate surface area is 399 Å². The number of azo groups is 2. The van der Waals surface area contributed by atoms with E-state index in [0.717, 1.165) is 25.0 Å². The van der Waals surface area contributed by atoms with Crippen LogP contribution in [0.1, 0.15) is 45.7 Å². The fraction of sp³-hybridized carbons (Fsp3) is 0.217. The third-order valence-electron chi connectivity index (χ3n) is 9.46. The van der Waals surface area contributed by atoms with Gasteiger partial charge in [-0.2, -0.15) is 20.5 Å². The standard InChI is InChI=1S/C46H42Cl4N8O8/c1-25(59)41(57-55-31-13-15-35(49)33(21-31)43(61)51-29-9-5-27(6-10-29)17-19-47)45(63)53-37-23-40(66-4)38(24-39(37)65-3)54-46(64)42(26(2)60)58-56-32-14-16-36(50)34(22-32)44(62)52-30-11-7-28(8-12-30)18-20-48/h5-16,21-24,41-42H,17-20H2,1-4H3,(H,51,61)(H,52,62)(H,53,63)(H,54,64). The predicted molar refractivity (Wildman–Crippen MR) is 255 cm³/mol. The van der Waals surface area contributed by atoms with Crippen LogP contribution in [0.4, 0.5) is 34.1 Å². The highest BCUT2D eigenvalue weighted by molar-refractivity contribution is 6.35. The van der Waals surface area contributed by atoms with Crippen LogP contribution in [0.3, 0.4) is 0 Å². The lowest BCUT2D eigenvalue weighted by atomic mass is 10.1. The lowest BCUT2D eigenvalue weighted by Crippen LogP contribution is -2.32. The summed E-state index contributed by atoms with van der Waals surface area (Å²) in [6.07, 6.45) is 1.35. The van der Waals surface area contributed by atoms with E-state index >= 15 is 0 Å². The molecule has 5 rings (SSSR count). The van der Waals surface area contributed by atoms with E-state index < -0.39 is 47.3 Å². The average molecular weight is 977 g/mol. The topological polar surface area (TPSA) is 218 Å². The second kappa shape index (κ2) is 24.0. The summed E-state index contributed by atoms with van der Waals surface area (Å²) in [6, 6.07) is 22.1. The molecule has 0 fully saturated rings. The van der Waals surface area contributed by atoms with Crippen molar-refractivity contribution >= 4 is 116 Å². The molecule has 0 heterocycles. The van der Waals surface area contributed by atoms with Gasteiger partial charge in [-0.05, 0) is 98.5 Å². The van der Waals surface area contributed by atoms with Crippen LogP contribution in [-0.2, 0) is 32.0 Å². The van der Waals surface area contributed by atoms with Gasteiger partial charge in [-0.3, -0.25) is 28.8 Å². The molecule has 0 radical (unpaired) electrons. The van der Waals surface area contributed by atoms with Crippen LogP contribution < -0.4 is 30.7 Å². The van der Waals surface area contributed by atoms with Crippen molar-refractivity contribution in [2.75, 3.05) is 47.2 Å². The van der Waals surface area contributed by atoms with Crippen molar-refractivity contribution in [2.45, 2.75) is 38.8 Å². The van der Waals surface area contributed by atoms with Gasteiger partial charge in [0.2, 0.25) is 12.1 Å².